The lowest BCUT2D eigenvalue weighted by Gasteiger charge is -2.32. The van der Waals surface area contributed by atoms with Gasteiger partial charge in [-0.05, 0) is 45.3 Å². The number of thiophene rings is 1. The Hall–Kier alpha value is -3.91. The molecule has 1 aliphatic rings. The summed E-state index contributed by atoms with van der Waals surface area (Å²) < 4.78 is 15.3. The van der Waals surface area contributed by atoms with Gasteiger partial charge in [-0.1, -0.05) is 84.9 Å². The van der Waals surface area contributed by atoms with Gasteiger partial charge in [0, 0.05) is 36.9 Å². The molecule has 3 heterocycles. The predicted molar refractivity (Wildman–Crippen MR) is 165 cm³/mol. The first kappa shape index (κ1) is 25.1. The fraction of sp³-hybridized carbons (Fsp3) is 0.182. The molecule has 7 heteroatoms. The molecule has 0 atom stereocenters. The van der Waals surface area contributed by atoms with Crippen molar-refractivity contribution in [3.8, 4) is 34.2 Å². The second kappa shape index (κ2) is 9.34. The van der Waals surface area contributed by atoms with Gasteiger partial charge in [0.05, 0.1) is 11.2 Å². The summed E-state index contributed by atoms with van der Waals surface area (Å²) in [6.07, 6.45) is 0. The van der Waals surface area contributed by atoms with Crippen LogP contribution in [0.15, 0.2) is 97.1 Å². The minimum absolute atomic E-state index is 0.447. The minimum Gasteiger partial charge on any atom is -0.399 e. The molecular formula is C33H28BN3O2S. The summed E-state index contributed by atoms with van der Waals surface area (Å²) in [5.74, 6) is 1.90. The van der Waals surface area contributed by atoms with E-state index in [1.165, 1.54) is 10.1 Å². The monoisotopic (exact) mass is 541 g/mol. The molecule has 4 aromatic carbocycles. The van der Waals surface area contributed by atoms with E-state index in [-0.39, 0.29) is 0 Å². The maximum atomic E-state index is 6.49. The van der Waals surface area contributed by atoms with E-state index in [9.17, 15) is 0 Å². The number of aromatic nitrogens is 3. The summed E-state index contributed by atoms with van der Waals surface area (Å²) in [6, 6.07) is 33.0. The molecule has 1 aliphatic heterocycles. The molecule has 1 fully saturated rings. The lowest BCUT2D eigenvalue weighted by Crippen LogP contribution is -2.41. The van der Waals surface area contributed by atoms with Crippen LogP contribution >= 0.6 is 11.3 Å². The quantitative estimate of drug-likeness (QED) is 0.216. The van der Waals surface area contributed by atoms with Crippen LogP contribution in [-0.2, 0) is 9.31 Å². The lowest BCUT2D eigenvalue weighted by molar-refractivity contribution is 0.00578. The van der Waals surface area contributed by atoms with Crippen molar-refractivity contribution in [1.82, 2.24) is 15.0 Å². The van der Waals surface area contributed by atoms with Crippen LogP contribution in [0, 0.1) is 0 Å². The topological polar surface area (TPSA) is 57.1 Å². The van der Waals surface area contributed by atoms with Gasteiger partial charge in [-0.2, -0.15) is 0 Å². The molecule has 0 radical (unpaired) electrons. The SMILES string of the molecule is CC1(C)OB(c2cc(-c3nc(-c4ccccc4)nc(-c4ccccc4)n3)c3sc4ccccc4c3c2)OC1(C)C. The first-order valence-corrected chi connectivity index (χ1v) is 14.3. The van der Waals surface area contributed by atoms with Crippen LogP contribution in [0.2, 0.25) is 0 Å². The molecule has 7 rings (SSSR count). The number of benzene rings is 4. The summed E-state index contributed by atoms with van der Waals surface area (Å²) in [5, 5.41) is 2.34. The van der Waals surface area contributed by atoms with Gasteiger partial charge in [0.15, 0.2) is 17.5 Å². The Morgan fingerprint density at radius 3 is 1.73 bits per heavy atom. The molecular weight excluding hydrogens is 513 g/mol. The number of nitrogens with zero attached hydrogens (tertiary/aromatic N) is 3. The molecule has 0 spiro atoms. The van der Waals surface area contributed by atoms with Gasteiger partial charge in [-0.25, -0.2) is 15.0 Å². The van der Waals surface area contributed by atoms with Crippen LogP contribution in [0.25, 0.3) is 54.3 Å². The van der Waals surface area contributed by atoms with E-state index in [1.807, 2.05) is 60.7 Å². The van der Waals surface area contributed by atoms with Gasteiger partial charge < -0.3 is 9.31 Å². The number of fused-ring (bicyclic) bond motifs is 3. The van der Waals surface area contributed by atoms with Gasteiger partial charge >= 0.3 is 7.12 Å². The number of rotatable bonds is 4. The number of hydrogen-bond donors (Lipinski definition) is 0. The zero-order valence-electron chi connectivity index (χ0n) is 22.9. The molecule has 1 saturated heterocycles. The van der Waals surface area contributed by atoms with Crippen molar-refractivity contribution >= 4 is 44.1 Å². The van der Waals surface area contributed by atoms with Crippen molar-refractivity contribution in [2.75, 3.05) is 0 Å². The van der Waals surface area contributed by atoms with E-state index in [0.717, 1.165) is 32.2 Å². The summed E-state index contributed by atoms with van der Waals surface area (Å²) in [4.78, 5) is 15.0. The van der Waals surface area contributed by atoms with Gasteiger partial charge in [-0.3, -0.25) is 0 Å². The van der Waals surface area contributed by atoms with Crippen LogP contribution in [0.1, 0.15) is 27.7 Å². The molecule has 2 aromatic heterocycles. The second-order valence-corrected chi connectivity index (χ2v) is 12.2. The van der Waals surface area contributed by atoms with Gasteiger partial charge in [0.25, 0.3) is 0 Å². The van der Waals surface area contributed by atoms with E-state index in [1.54, 1.807) is 11.3 Å². The fourth-order valence-corrected chi connectivity index (χ4v) is 6.25. The third-order valence-corrected chi connectivity index (χ3v) is 9.19. The molecule has 6 aromatic rings. The molecule has 0 bridgehead atoms. The molecule has 0 N–H and O–H groups in total. The normalized spacial score (nSPS) is 16.1. The zero-order chi connectivity index (χ0) is 27.5. The van der Waals surface area contributed by atoms with E-state index in [0.29, 0.717) is 17.5 Å². The van der Waals surface area contributed by atoms with Gasteiger partial charge in [0.2, 0.25) is 0 Å². The first-order valence-electron chi connectivity index (χ1n) is 13.5. The van der Waals surface area contributed by atoms with E-state index in [4.69, 9.17) is 24.3 Å². The highest BCUT2D eigenvalue weighted by molar-refractivity contribution is 7.26. The number of hydrogen-bond acceptors (Lipinski definition) is 6. The molecule has 5 nitrogen and oxygen atoms in total. The standard InChI is InChI=1S/C33H28BN3O2S/c1-32(2)33(3,4)39-34(38-32)23-19-25-24-17-11-12-18-27(24)40-28(25)26(20-23)31-36-29(21-13-7-5-8-14-21)35-30(37-31)22-15-9-6-10-16-22/h5-20H,1-4H3. The summed E-state index contributed by atoms with van der Waals surface area (Å²) in [7, 11) is -0.504. The average Bonchev–Trinajstić information content (AvgIpc) is 3.45. The third-order valence-electron chi connectivity index (χ3n) is 7.97. The Morgan fingerprint density at radius 2 is 1.12 bits per heavy atom. The van der Waals surface area contributed by atoms with Crippen LogP contribution in [-0.4, -0.2) is 33.3 Å². The highest BCUT2D eigenvalue weighted by Gasteiger charge is 2.51. The largest absolute Gasteiger partial charge is 0.494 e. The average molecular weight is 541 g/mol. The summed E-state index contributed by atoms with van der Waals surface area (Å²) in [6.45, 7) is 8.32. The van der Waals surface area contributed by atoms with Crippen molar-refractivity contribution in [1.29, 1.82) is 0 Å². The highest BCUT2D eigenvalue weighted by atomic mass is 32.1. The van der Waals surface area contributed by atoms with Gasteiger partial charge in [0.1, 0.15) is 0 Å². The maximum Gasteiger partial charge on any atom is 0.494 e. The first-order chi connectivity index (χ1) is 19.3. The Labute approximate surface area is 238 Å². The molecule has 0 unspecified atom stereocenters. The Morgan fingerprint density at radius 1 is 0.600 bits per heavy atom. The predicted octanol–water partition coefficient (Wildman–Crippen LogP) is 7.54. The zero-order valence-corrected chi connectivity index (χ0v) is 23.7. The van der Waals surface area contributed by atoms with Crippen molar-refractivity contribution in [2.45, 2.75) is 38.9 Å². The maximum absolute atomic E-state index is 6.49. The van der Waals surface area contributed by atoms with Crippen LogP contribution in [0.5, 0.6) is 0 Å². The minimum atomic E-state index is -0.504. The molecule has 40 heavy (non-hydrogen) atoms. The molecule has 0 amide bonds. The molecule has 0 aliphatic carbocycles. The van der Waals surface area contributed by atoms with Crippen molar-refractivity contribution in [3.05, 3.63) is 97.1 Å². The van der Waals surface area contributed by atoms with E-state index >= 15 is 0 Å². The van der Waals surface area contributed by atoms with Crippen LogP contribution in [0.3, 0.4) is 0 Å². The molecule has 196 valence electrons. The van der Waals surface area contributed by atoms with Crippen molar-refractivity contribution < 1.29 is 9.31 Å². The van der Waals surface area contributed by atoms with Gasteiger partial charge in [-0.15, -0.1) is 11.3 Å². The fourth-order valence-electron chi connectivity index (χ4n) is 5.06. The van der Waals surface area contributed by atoms with Crippen molar-refractivity contribution in [3.63, 3.8) is 0 Å². The van der Waals surface area contributed by atoms with Crippen molar-refractivity contribution in [2.24, 2.45) is 0 Å². The smallest absolute Gasteiger partial charge is 0.399 e. The van der Waals surface area contributed by atoms with E-state index in [2.05, 4.69) is 64.1 Å². The van der Waals surface area contributed by atoms with Crippen LogP contribution in [0.4, 0.5) is 0 Å². The van der Waals surface area contributed by atoms with Crippen LogP contribution < -0.4 is 5.46 Å². The van der Waals surface area contributed by atoms with E-state index < -0.39 is 18.3 Å². The highest BCUT2D eigenvalue weighted by Crippen LogP contribution is 2.41. The Balaban J connectivity index is 1.50. The Kier molecular flexibility index (Phi) is 5.86. The molecule has 0 saturated carbocycles. The summed E-state index contributed by atoms with van der Waals surface area (Å²) >= 11 is 1.76. The third kappa shape index (κ3) is 4.22. The summed E-state index contributed by atoms with van der Waals surface area (Å²) in [5.41, 5.74) is 2.89. The second-order valence-electron chi connectivity index (χ2n) is 11.2. The lowest BCUT2D eigenvalue weighted by atomic mass is 9.77. The Bertz CT molecular complexity index is 1800.